The van der Waals surface area contributed by atoms with Crippen molar-refractivity contribution in [2.75, 3.05) is 119 Å². The third-order valence-electron chi connectivity index (χ3n) is 4.96. The molecule has 13 heteroatoms. The first-order chi connectivity index (χ1) is 20.1. The van der Waals surface area contributed by atoms with Crippen molar-refractivity contribution in [1.82, 2.24) is 0 Å². The Morgan fingerprint density at radius 3 is 1.20 bits per heavy atom. The van der Waals surface area contributed by atoms with Gasteiger partial charge in [0.05, 0.1) is 119 Å². The van der Waals surface area contributed by atoms with Crippen LogP contribution in [0.5, 0.6) is 0 Å². The number of methoxy groups -OCH3 is 1. The van der Waals surface area contributed by atoms with Crippen LogP contribution in [-0.2, 0) is 57.0 Å². The van der Waals surface area contributed by atoms with Gasteiger partial charge in [-0.25, -0.2) is 4.79 Å². The molecule has 0 unspecified atom stereocenters. The van der Waals surface area contributed by atoms with E-state index in [1.807, 2.05) is 0 Å². The zero-order valence-corrected chi connectivity index (χ0v) is 23.9. The molecule has 1 aromatic rings. The summed E-state index contributed by atoms with van der Waals surface area (Å²) in [6.45, 7) is 6.61. The molecule has 0 heterocycles. The number of ketones is 1. The molecule has 1 rings (SSSR count). The minimum atomic E-state index is -0.900. The van der Waals surface area contributed by atoms with Crippen LogP contribution in [-0.4, -0.2) is 137 Å². The van der Waals surface area contributed by atoms with Crippen molar-refractivity contribution >= 4 is 17.7 Å². The molecule has 1 aromatic carbocycles. The molecule has 0 saturated carbocycles. The van der Waals surface area contributed by atoms with Gasteiger partial charge in [-0.3, -0.25) is 9.59 Å². The average Bonchev–Trinajstić information content (AvgIpc) is 3.00. The first kappa shape index (κ1) is 36.5. The molecular weight excluding hydrogens is 544 g/mol. The fourth-order valence-corrected chi connectivity index (χ4v) is 2.87. The Morgan fingerprint density at radius 2 is 0.829 bits per heavy atom. The number of hydrogen-bond acceptors (Lipinski definition) is 13. The Kier molecular flexibility index (Phi) is 24.7. The summed E-state index contributed by atoms with van der Waals surface area (Å²) in [7, 11) is 1.34. The molecule has 0 fully saturated rings. The number of esters is 2. The molecule has 0 aliphatic rings. The maximum Gasteiger partial charge on any atom is 0.379 e. The molecule has 0 N–H and O–H groups in total. The second kappa shape index (κ2) is 27.7. The van der Waals surface area contributed by atoms with Gasteiger partial charge in [0.2, 0.25) is 0 Å². The quantitative estimate of drug-likeness (QED) is 0.0571. The highest BCUT2D eigenvalue weighted by molar-refractivity contribution is 6.40. The molecule has 0 bridgehead atoms. The molecule has 0 aromatic heterocycles. The van der Waals surface area contributed by atoms with Crippen molar-refractivity contribution in [3.8, 4) is 0 Å². The van der Waals surface area contributed by atoms with Crippen molar-refractivity contribution in [3.05, 3.63) is 35.9 Å². The van der Waals surface area contributed by atoms with Gasteiger partial charge in [0.1, 0.15) is 6.61 Å². The van der Waals surface area contributed by atoms with Crippen molar-refractivity contribution < 1.29 is 61.8 Å². The van der Waals surface area contributed by atoms with Crippen LogP contribution in [0, 0.1) is 0 Å². The maximum absolute atomic E-state index is 11.9. The van der Waals surface area contributed by atoms with Gasteiger partial charge in [0, 0.05) is 5.56 Å². The summed E-state index contributed by atoms with van der Waals surface area (Å²) in [5.41, 5.74) is 0.293. The molecule has 0 saturated heterocycles. The van der Waals surface area contributed by atoms with Crippen molar-refractivity contribution in [3.63, 3.8) is 0 Å². The van der Waals surface area contributed by atoms with E-state index in [1.165, 1.54) is 7.11 Å². The first-order valence-electron chi connectivity index (χ1n) is 13.6. The zero-order valence-electron chi connectivity index (χ0n) is 23.9. The number of carbonyl (C=O) groups is 3. The van der Waals surface area contributed by atoms with Gasteiger partial charge < -0.3 is 47.4 Å². The highest BCUT2D eigenvalue weighted by Crippen LogP contribution is 2.01. The van der Waals surface area contributed by atoms with Crippen LogP contribution in [0.1, 0.15) is 16.8 Å². The van der Waals surface area contributed by atoms with Gasteiger partial charge in [-0.1, -0.05) is 30.3 Å². The summed E-state index contributed by atoms with van der Waals surface area (Å²) < 4.78 is 52.4. The standard InChI is InChI=1S/C28H44O13/c1-32-26(29)7-8-33-9-10-34-11-12-35-13-14-36-15-16-37-17-18-38-19-20-39-21-22-40-23-24-41-28(31)27(30)25-5-3-2-4-6-25/h2-6H,7-24H2,1H3. The lowest BCUT2D eigenvalue weighted by atomic mass is 10.1. The topological polar surface area (TPSA) is 144 Å². The normalized spacial score (nSPS) is 11.0. The number of benzene rings is 1. The molecule has 234 valence electrons. The van der Waals surface area contributed by atoms with Crippen molar-refractivity contribution in [2.45, 2.75) is 6.42 Å². The monoisotopic (exact) mass is 588 g/mol. The van der Waals surface area contributed by atoms with Crippen LogP contribution in [0.15, 0.2) is 30.3 Å². The Balaban J connectivity index is 1.70. The molecule has 0 radical (unpaired) electrons. The highest BCUT2D eigenvalue weighted by atomic mass is 16.6. The van der Waals surface area contributed by atoms with E-state index in [2.05, 4.69) is 4.74 Å². The molecule has 0 atom stereocenters. The predicted octanol–water partition coefficient (Wildman–Crippen LogP) is 1.11. The van der Waals surface area contributed by atoms with E-state index in [0.29, 0.717) is 105 Å². The van der Waals surface area contributed by atoms with Crippen LogP contribution in [0.2, 0.25) is 0 Å². The number of hydrogen-bond donors (Lipinski definition) is 0. The second-order valence-corrected chi connectivity index (χ2v) is 8.06. The predicted molar refractivity (Wildman–Crippen MR) is 145 cm³/mol. The van der Waals surface area contributed by atoms with E-state index in [1.54, 1.807) is 30.3 Å². The molecule has 0 aliphatic heterocycles. The largest absolute Gasteiger partial charge is 0.469 e. The van der Waals surface area contributed by atoms with Crippen LogP contribution >= 0.6 is 0 Å². The summed E-state index contributed by atoms with van der Waals surface area (Å²) >= 11 is 0. The fourth-order valence-electron chi connectivity index (χ4n) is 2.87. The van der Waals surface area contributed by atoms with Gasteiger partial charge in [-0.15, -0.1) is 0 Å². The number of Topliss-reactive ketones (excluding diaryl/α,β-unsaturated/α-hetero) is 1. The Labute approximate surface area is 241 Å². The SMILES string of the molecule is COC(=O)CCOCCOCCOCCOCCOCCOCCOCCOCCOC(=O)C(=O)c1ccccc1. The smallest absolute Gasteiger partial charge is 0.379 e. The van der Waals surface area contributed by atoms with E-state index < -0.39 is 11.8 Å². The number of rotatable bonds is 29. The highest BCUT2D eigenvalue weighted by Gasteiger charge is 2.17. The Bertz CT molecular complexity index is 776. The number of carbonyl (C=O) groups excluding carboxylic acids is 3. The molecule has 0 amide bonds. The molecular formula is C28H44O13. The van der Waals surface area contributed by atoms with E-state index in [4.69, 9.17) is 42.6 Å². The first-order valence-corrected chi connectivity index (χ1v) is 13.6. The van der Waals surface area contributed by atoms with E-state index in [-0.39, 0.29) is 25.6 Å². The van der Waals surface area contributed by atoms with Gasteiger partial charge in [0.15, 0.2) is 0 Å². The lowest BCUT2D eigenvalue weighted by molar-refractivity contribution is -0.142. The van der Waals surface area contributed by atoms with E-state index in [9.17, 15) is 14.4 Å². The van der Waals surface area contributed by atoms with Crippen LogP contribution in [0.4, 0.5) is 0 Å². The van der Waals surface area contributed by atoms with Gasteiger partial charge in [-0.05, 0) is 0 Å². The van der Waals surface area contributed by atoms with E-state index >= 15 is 0 Å². The maximum atomic E-state index is 11.9. The Hall–Kier alpha value is -2.49. The third-order valence-corrected chi connectivity index (χ3v) is 4.96. The fraction of sp³-hybridized carbons (Fsp3) is 0.679. The zero-order chi connectivity index (χ0) is 29.6. The van der Waals surface area contributed by atoms with Crippen LogP contribution < -0.4 is 0 Å². The second-order valence-electron chi connectivity index (χ2n) is 8.06. The van der Waals surface area contributed by atoms with Gasteiger partial charge in [0.25, 0.3) is 5.78 Å². The minimum Gasteiger partial charge on any atom is -0.469 e. The Morgan fingerprint density at radius 1 is 0.488 bits per heavy atom. The van der Waals surface area contributed by atoms with Crippen LogP contribution in [0.25, 0.3) is 0 Å². The average molecular weight is 589 g/mol. The van der Waals surface area contributed by atoms with E-state index in [0.717, 1.165) is 0 Å². The summed E-state index contributed by atoms with van der Waals surface area (Å²) in [4.78, 5) is 34.5. The van der Waals surface area contributed by atoms with Crippen LogP contribution in [0.3, 0.4) is 0 Å². The molecule has 0 spiro atoms. The molecule has 41 heavy (non-hydrogen) atoms. The number of ether oxygens (including phenoxy) is 10. The van der Waals surface area contributed by atoms with Crippen molar-refractivity contribution in [1.29, 1.82) is 0 Å². The molecule has 13 nitrogen and oxygen atoms in total. The third kappa shape index (κ3) is 22.8. The summed E-state index contributed by atoms with van der Waals surface area (Å²) in [5.74, 6) is -1.87. The summed E-state index contributed by atoms with van der Waals surface area (Å²) in [6, 6.07) is 8.24. The minimum absolute atomic E-state index is 0.00517. The summed E-state index contributed by atoms with van der Waals surface area (Å²) in [6.07, 6.45) is 0.236. The summed E-state index contributed by atoms with van der Waals surface area (Å²) in [5, 5.41) is 0. The van der Waals surface area contributed by atoms with Gasteiger partial charge >= 0.3 is 11.9 Å². The molecule has 0 aliphatic carbocycles. The van der Waals surface area contributed by atoms with Crippen molar-refractivity contribution in [2.24, 2.45) is 0 Å². The van der Waals surface area contributed by atoms with Gasteiger partial charge in [-0.2, -0.15) is 0 Å². The lowest BCUT2D eigenvalue weighted by Crippen LogP contribution is -2.20. The lowest BCUT2D eigenvalue weighted by Gasteiger charge is -2.09.